The molecule has 6 rings (SSSR count). The fourth-order valence-corrected chi connectivity index (χ4v) is 7.30. The van der Waals surface area contributed by atoms with Crippen LogP contribution in [0.1, 0.15) is 59.1 Å². The Labute approximate surface area is 250 Å². The van der Waals surface area contributed by atoms with E-state index >= 15 is 0 Å². The zero-order valence-electron chi connectivity index (χ0n) is 23.7. The van der Waals surface area contributed by atoms with Crippen molar-refractivity contribution >= 4 is 56.7 Å². The van der Waals surface area contributed by atoms with Gasteiger partial charge < -0.3 is 9.88 Å². The Bertz CT molecular complexity index is 1740. The molecule has 0 fully saturated rings. The monoisotopic (exact) mass is 579 g/mol. The van der Waals surface area contributed by atoms with E-state index in [-0.39, 0.29) is 11.3 Å². The second-order valence-corrected chi connectivity index (χ2v) is 13.4. The molecule has 0 saturated heterocycles. The molecule has 0 bridgehead atoms. The molecule has 1 aliphatic carbocycles. The van der Waals surface area contributed by atoms with Crippen LogP contribution in [-0.4, -0.2) is 16.7 Å². The van der Waals surface area contributed by atoms with E-state index in [9.17, 15) is 4.79 Å². The maximum atomic E-state index is 13.7. The molecule has 0 radical (unpaired) electrons. The summed E-state index contributed by atoms with van der Waals surface area (Å²) in [7, 11) is 0. The number of para-hydroxylation sites is 2. The van der Waals surface area contributed by atoms with Gasteiger partial charge >= 0.3 is 0 Å². The Balaban J connectivity index is 1.38. The molecule has 1 aliphatic rings. The number of carbonyl (C=O) groups excluding carboxylic acids is 1. The van der Waals surface area contributed by atoms with Gasteiger partial charge in [0.2, 0.25) is 0 Å². The number of fused-ring (bicyclic) bond motifs is 2. The highest BCUT2D eigenvalue weighted by Crippen LogP contribution is 2.45. The average Bonchev–Trinajstić information content (AvgIpc) is 3.49. The van der Waals surface area contributed by atoms with Crippen molar-refractivity contribution in [1.82, 2.24) is 4.57 Å². The number of halogens is 1. The lowest BCUT2D eigenvalue weighted by atomic mass is 9.72. The van der Waals surface area contributed by atoms with Crippen LogP contribution in [0.4, 0.5) is 10.7 Å². The van der Waals surface area contributed by atoms with Gasteiger partial charge in [-0.15, -0.1) is 11.3 Å². The minimum atomic E-state index is -0.0848. The summed E-state index contributed by atoms with van der Waals surface area (Å²) < 4.78 is 2.23. The molecule has 2 aromatic heterocycles. The van der Waals surface area contributed by atoms with Crippen LogP contribution in [-0.2, 0) is 19.4 Å². The van der Waals surface area contributed by atoms with Crippen LogP contribution in [0.15, 0.2) is 90.1 Å². The summed E-state index contributed by atoms with van der Waals surface area (Å²) in [5, 5.41) is 5.76. The minimum absolute atomic E-state index is 0.0848. The molecule has 3 aromatic carbocycles. The number of hydrogen-bond acceptors (Lipinski definition) is 3. The first-order valence-corrected chi connectivity index (χ1v) is 15.3. The van der Waals surface area contributed by atoms with Gasteiger partial charge in [0.25, 0.3) is 5.91 Å². The molecule has 0 spiro atoms. The molecule has 1 atom stereocenters. The van der Waals surface area contributed by atoms with Crippen molar-refractivity contribution < 1.29 is 4.79 Å². The summed E-state index contributed by atoms with van der Waals surface area (Å²) in [5.74, 6) is 0.499. The number of amides is 1. The molecule has 1 amide bonds. The van der Waals surface area contributed by atoms with Gasteiger partial charge in [0.15, 0.2) is 0 Å². The normalized spacial score (nSPS) is 15.4. The van der Waals surface area contributed by atoms with Crippen LogP contribution < -0.4 is 5.32 Å². The Hall–Kier alpha value is -3.67. The van der Waals surface area contributed by atoms with Crippen molar-refractivity contribution in [3.05, 3.63) is 117 Å². The number of thiophene rings is 1. The molecule has 6 heteroatoms. The van der Waals surface area contributed by atoms with Gasteiger partial charge in [-0.2, -0.15) is 0 Å². The summed E-state index contributed by atoms with van der Waals surface area (Å²) in [6, 6.07) is 26.0. The van der Waals surface area contributed by atoms with Crippen LogP contribution in [0.5, 0.6) is 0 Å². The number of benzene rings is 3. The molecule has 5 aromatic rings. The number of rotatable bonds is 6. The zero-order valence-corrected chi connectivity index (χ0v) is 25.2. The Morgan fingerprint density at radius 1 is 1.07 bits per heavy atom. The van der Waals surface area contributed by atoms with Gasteiger partial charge in [-0.05, 0) is 72.1 Å². The van der Waals surface area contributed by atoms with Gasteiger partial charge in [-0.3, -0.25) is 4.79 Å². The van der Waals surface area contributed by atoms with Crippen molar-refractivity contribution in [2.24, 2.45) is 16.3 Å². The Morgan fingerprint density at radius 3 is 2.63 bits per heavy atom. The van der Waals surface area contributed by atoms with Crippen LogP contribution >= 0.6 is 22.9 Å². The SMILES string of the molecule is CC(C)(C)[C@@H]1CCc2c(sc(N=Cc3cn(Cc4cccc(Cl)c4)c4ccccc34)c2C(=O)Nc2ccccc2)C1. The first-order chi connectivity index (χ1) is 19.8. The first kappa shape index (κ1) is 27.5. The maximum Gasteiger partial charge on any atom is 0.259 e. The van der Waals surface area contributed by atoms with Crippen molar-refractivity contribution in [2.45, 2.75) is 46.6 Å². The highest BCUT2D eigenvalue weighted by atomic mass is 35.5. The molecule has 0 aliphatic heterocycles. The molecule has 208 valence electrons. The molecule has 41 heavy (non-hydrogen) atoms. The molecule has 2 heterocycles. The van der Waals surface area contributed by atoms with Gasteiger partial charge in [-0.1, -0.05) is 80.9 Å². The van der Waals surface area contributed by atoms with Gasteiger partial charge in [0.05, 0.1) is 5.56 Å². The van der Waals surface area contributed by atoms with Crippen LogP contribution in [0.2, 0.25) is 5.02 Å². The van der Waals surface area contributed by atoms with Crippen LogP contribution in [0.25, 0.3) is 10.9 Å². The van der Waals surface area contributed by atoms with E-state index in [1.165, 1.54) is 10.4 Å². The summed E-state index contributed by atoms with van der Waals surface area (Å²) in [6.07, 6.45) is 7.04. The van der Waals surface area contributed by atoms with Crippen molar-refractivity contribution in [2.75, 3.05) is 5.32 Å². The van der Waals surface area contributed by atoms with Crippen molar-refractivity contribution in [3.63, 3.8) is 0 Å². The minimum Gasteiger partial charge on any atom is -0.342 e. The number of aromatic nitrogens is 1. The molecular formula is C35H34ClN3OS. The second-order valence-electron chi connectivity index (χ2n) is 11.9. The topological polar surface area (TPSA) is 46.4 Å². The average molecular weight is 580 g/mol. The van der Waals surface area contributed by atoms with Crippen LogP contribution in [0.3, 0.4) is 0 Å². The fraction of sp³-hybridized carbons (Fsp3) is 0.257. The largest absolute Gasteiger partial charge is 0.342 e. The quantitative estimate of drug-likeness (QED) is 0.200. The Morgan fingerprint density at radius 2 is 1.85 bits per heavy atom. The predicted molar refractivity (Wildman–Crippen MR) is 173 cm³/mol. The van der Waals surface area contributed by atoms with Gasteiger partial charge in [-0.25, -0.2) is 4.99 Å². The maximum absolute atomic E-state index is 13.7. The predicted octanol–water partition coefficient (Wildman–Crippen LogP) is 9.56. The highest BCUT2D eigenvalue weighted by Gasteiger charge is 2.33. The third-order valence-electron chi connectivity index (χ3n) is 8.11. The second kappa shape index (κ2) is 11.3. The van der Waals surface area contributed by atoms with E-state index in [1.807, 2.05) is 54.7 Å². The molecular weight excluding hydrogens is 546 g/mol. The third-order valence-corrected chi connectivity index (χ3v) is 9.51. The van der Waals surface area contributed by atoms with E-state index in [1.54, 1.807) is 11.3 Å². The lowest BCUT2D eigenvalue weighted by molar-refractivity contribution is 0.102. The number of nitrogens with zero attached hydrogens (tertiary/aromatic N) is 2. The number of carbonyl (C=O) groups is 1. The van der Waals surface area contributed by atoms with Crippen molar-refractivity contribution in [3.8, 4) is 0 Å². The van der Waals surface area contributed by atoms with Crippen molar-refractivity contribution in [1.29, 1.82) is 0 Å². The standard InChI is InChI=1S/C35H34ClN3OS/c1-35(2,3)25-16-17-29-31(19-25)41-34(32(29)33(40)38-27-12-5-4-6-13-27)37-20-24-22-39(30-15-8-7-14-28(24)30)21-23-10-9-11-26(36)18-23/h4-15,18,20,22,25H,16-17,19,21H2,1-3H3,(H,38,40)/t25-/m1/s1. The lowest BCUT2D eigenvalue weighted by Crippen LogP contribution is -2.27. The summed E-state index contributed by atoms with van der Waals surface area (Å²) in [6.45, 7) is 7.66. The molecule has 0 unspecified atom stereocenters. The molecule has 1 N–H and O–H groups in total. The molecule has 0 saturated carbocycles. The Kier molecular flexibility index (Phi) is 7.58. The number of nitrogens with one attached hydrogen (secondary N) is 1. The molecule has 4 nitrogen and oxygen atoms in total. The number of hydrogen-bond donors (Lipinski definition) is 1. The summed E-state index contributed by atoms with van der Waals surface area (Å²) in [4.78, 5) is 20.0. The number of anilines is 1. The van der Waals surface area contributed by atoms with Gasteiger partial charge in [0.1, 0.15) is 5.00 Å². The fourth-order valence-electron chi connectivity index (χ4n) is 5.82. The van der Waals surface area contributed by atoms with E-state index in [0.29, 0.717) is 12.5 Å². The highest BCUT2D eigenvalue weighted by molar-refractivity contribution is 7.16. The summed E-state index contributed by atoms with van der Waals surface area (Å²) in [5.41, 5.74) is 6.20. The van der Waals surface area contributed by atoms with E-state index in [0.717, 1.165) is 62.6 Å². The van der Waals surface area contributed by atoms with Crippen LogP contribution in [0, 0.1) is 11.3 Å². The first-order valence-electron chi connectivity index (χ1n) is 14.1. The zero-order chi connectivity index (χ0) is 28.6. The third kappa shape index (κ3) is 5.88. The lowest BCUT2D eigenvalue weighted by Gasteiger charge is -2.33. The smallest absolute Gasteiger partial charge is 0.259 e. The van der Waals surface area contributed by atoms with E-state index in [4.69, 9.17) is 16.6 Å². The summed E-state index contributed by atoms with van der Waals surface area (Å²) >= 11 is 7.93. The van der Waals surface area contributed by atoms with E-state index < -0.39 is 0 Å². The van der Waals surface area contributed by atoms with Gasteiger partial charge in [0, 0.05) is 51.0 Å². The van der Waals surface area contributed by atoms with E-state index in [2.05, 4.69) is 67.2 Å². The number of aliphatic imine (C=N–C) groups is 1.